The van der Waals surface area contributed by atoms with Crippen molar-refractivity contribution < 1.29 is 17.9 Å². The van der Waals surface area contributed by atoms with Crippen molar-refractivity contribution in [2.24, 2.45) is 10.7 Å². The van der Waals surface area contributed by atoms with Gasteiger partial charge in [-0.1, -0.05) is 11.6 Å². The van der Waals surface area contributed by atoms with Crippen molar-refractivity contribution in [2.45, 2.75) is 19.9 Å². The number of rotatable bonds is 6. The summed E-state index contributed by atoms with van der Waals surface area (Å²) in [7, 11) is 0. The largest absolute Gasteiger partial charge is 0.452 e. The van der Waals surface area contributed by atoms with Gasteiger partial charge in [0.1, 0.15) is 33.1 Å². The lowest BCUT2D eigenvalue weighted by atomic mass is 10.2. The van der Waals surface area contributed by atoms with E-state index in [2.05, 4.69) is 14.7 Å². The molecule has 0 saturated carbocycles. The highest BCUT2D eigenvalue weighted by molar-refractivity contribution is 7.10. The molecule has 0 radical (unpaired) electrons. The summed E-state index contributed by atoms with van der Waals surface area (Å²) < 4.78 is 49.2. The highest BCUT2D eigenvalue weighted by Gasteiger charge is 2.17. The lowest BCUT2D eigenvalue weighted by molar-refractivity contribution is 0.434. The maximum atomic E-state index is 14.5. The van der Waals surface area contributed by atoms with Crippen LogP contribution in [0.4, 0.5) is 23.9 Å². The van der Waals surface area contributed by atoms with Crippen molar-refractivity contribution in [3.05, 3.63) is 68.7 Å². The lowest BCUT2D eigenvalue weighted by Gasteiger charge is -2.11. The lowest BCUT2D eigenvalue weighted by Crippen LogP contribution is -2.23. The third kappa shape index (κ3) is 4.77. The fourth-order valence-corrected chi connectivity index (χ4v) is 3.40. The maximum absolute atomic E-state index is 14.5. The van der Waals surface area contributed by atoms with Crippen molar-refractivity contribution >= 4 is 39.7 Å². The predicted octanol–water partition coefficient (Wildman–Crippen LogP) is 5.16. The summed E-state index contributed by atoms with van der Waals surface area (Å²) in [5.41, 5.74) is 5.91. The minimum Gasteiger partial charge on any atom is -0.452 e. The number of halogens is 4. The third-order valence-electron chi connectivity index (χ3n) is 3.72. The number of hydrogen-bond acceptors (Lipinski definition) is 5. The molecular formula is C19H16ClF3N4O2S. The SMILES string of the molecule is CC(C)N=C(N)c1c(Nc2ccc(Oc3cc(F)cc(F)c3Cl)c(F)c2)s[nH]c1=O. The third-order valence-corrected chi connectivity index (χ3v) is 4.89. The first-order valence-electron chi connectivity index (χ1n) is 8.59. The van der Waals surface area contributed by atoms with Crippen LogP contribution in [0.5, 0.6) is 11.5 Å². The number of nitrogens with two attached hydrogens (primary N) is 1. The molecule has 0 atom stereocenters. The molecule has 1 aromatic heterocycles. The number of anilines is 2. The number of hydrogen-bond donors (Lipinski definition) is 3. The van der Waals surface area contributed by atoms with Gasteiger partial charge in [0.15, 0.2) is 17.3 Å². The van der Waals surface area contributed by atoms with Crippen molar-refractivity contribution in [2.75, 3.05) is 5.32 Å². The average Bonchev–Trinajstić information content (AvgIpc) is 3.01. The van der Waals surface area contributed by atoms with E-state index in [9.17, 15) is 18.0 Å². The van der Waals surface area contributed by atoms with E-state index in [0.29, 0.717) is 11.1 Å². The van der Waals surface area contributed by atoms with Gasteiger partial charge in [-0.2, -0.15) is 0 Å². The topological polar surface area (TPSA) is 92.5 Å². The van der Waals surface area contributed by atoms with Gasteiger partial charge in [0, 0.05) is 29.9 Å². The van der Waals surface area contributed by atoms with Crippen LogP contribution in [0.2, 0.25) is 5.02 Å². The summed E-state index contributed by atoms with van der Waals surface area (Å²) in [6, 6.07) is 5.10. The molecule has 0 bridgehead atoms. The van der Waals surface area contributed by atoms with E-state index in [-0.39, 0.29) is 34.6 Å². The normalized spacial score (nSPS) is 11.8. The zero-order valence-corrected chi connectivity index (χ0v) is 17.3. The van der Waals surface area contributed by atoms with Crippen LogP contribution in [0.15, 0.2) is 40.1 Å². The first-order valence-corrected chi connectivity index (χ1v) is 9.79. The van der Waals surface area contributed by atoms with E-state index in [4.69, 9.17) is 22.1 Å². The Morgan fingerprint density at radius 1 is 1.20 bits per heavy atom. The predicted molar refractivity (Wildman–Crippen MR) is 112 cm³/mol. The Kier molecular flexibility index (Phi) is 6.37. The molecule has 3 aromatic rings. The van der Waals surface area contributed by atoms with Gasteiger partial charge < -0.3 is 15.8 Å². The van der Waals surface area contributed by atoms with Crippen LogP contribution in [0, 0.1) is 17.5 Å². The van der Waals surface area contributed by atoms with Gasteiger partial charge in [-0.05, 0) is 37.5 Å². The molecule has 0 saturated heterocycles. The number of aromatic nitrogens is 1. The van der Waals surface area contributed by atoms with Gasteiger partial charge in [0.05, 0.1) is 0 Å². The Balaban J connectivity index is 1.87. The minimum absolute atomic E-state index is 0.0539. The fourth-order valence-electron chi connectivity index (χ4n) is 2.48. The van der Waals surface area contributed by atoms with Gasteiger partial charge in [0.2, 0.25) is 0 Å². The Morgan fingerprint density at radius 3 is 2.60 bits per heavy atom. The highest BCUT2D eigenvalue weighted by Crippen LogP contribution is 2.34. The number of benzene rings is 2. The fraction of sp³-hybridized carbons (Fsp3) is 0.158. The van der Waals surface area contributed by atoms with Crippen LogP contribution >= 0.6 is 23.1 Å². The van der Waals surface area contributed by atoms with E-state index in [0.717, 1.165) is 23.7 Å². The van der Waals surface area contributed by atoms with Crippen LogP contribution in [0.1, 0.15) is 19.4 Å². The quantitative estimate of drug-likeness (QED) is 0.271. The second-order valence-corrected chi connectivity index (χ2v) is 7.61. The van der Waals surface area contributed by atoms with E-state index >= 15 is 0 Å². The second-order valence-electron chi connectivity index (χ2n) is 6.42. The Labute approximate surface area is 178 Å². The van der Waals surface area contributed by atoms with Crippen LogP contribution in [-0.2, 0) is 0 Å². The van der Waals surface area contributed by atoms with Gasteiger partial charge in [-0.3, -0.25) is 14.2 Å². The zero-order chi connectivity index (χ0) is 22.0. The molecule has 0 spiro atoms. The van der Waals surface area contributed by atoms with Crippen LogP contribution < -0.4 is 21.3 Å². The molecule has 2 aromatic carbocycles. The first kappa shape index (κ1) is 21.7. The molecule has 0 aliphatic heterocycles. The number of H-pyrrole nitrogens is 1. The van der Waals surface area contributed by atoms with Crippen molar-refractivity contribution in [3.63, 3.8) is 0 Å². The molecule has 30 heavy (non-hydrogen) atoms. The summed E-state index contributed by atoms with van der Waals surface area (Å²) in [6.07, 6.45) is 0. The molecule has 0 aliphatic carbocycles. The minimum atomic E-state index is -1.03. The molecule has 0 aliphatic rings. The molecule has 3 rings (SSSR count). The number of amidine groups is 1. The summed E-state index contributed by atoms with van der Waals surface area (Å²) in [5, 5.41) is 2.77. The molecule has 4 N–H and O–H groups in total. The van der Waals surface area contributed by atoms with Crippen molar-refractivity contribution in [1.29, 1.82) is 0 Å². The monoisotopic (exact) mass is 456 g/mol. The molecule has 11 heteroatoms. The zero-order valence-electron chi connectivity index (χ0n) is 15.7. The number of aromatic amines is 1. The summed E-state index contributed by atoms with van der Waals surface area (Å²) in [4.78, 5) is 16.2. The van der Waals surface area contributed by atoms with E-state index < -0.39 is 28.0 Å². The second kappa shape index (κ2) is 8.80. The summed E-state index contributed by atoms with van der Waals surface area (Å²) >= 11 is 6.72. The van der Waals surface area contributed by atoms with Crippen molar-refractivity contribution in [1.82, 2.24) is 4.37 Å². The number of ether oxygens (including phenoxy) is 1. The Hall–Kier alpha value is -2.98. The van der Waals surface area contributed by atoms with E-state index in [1.165, 1.54) is 12.1 Å². The Morgan fingerprint density at radius 2 is 1.93 bits per heavy atom. The molecule has 0 fully saturated rings. The van der Waals surface area contributed by atoms with Crippen LogP contribution in [0.25, 0.3) is 0 Å². The van der Waals surface area contributed by atoms with Crippen LogP contribution in [-0.4, -0.2) is 16.3 Å². The number of nitrogens with zero attached hydrogens (tertiary/aromatic N) is 1. The summed E-state index contributed by atoms with van der Waals surface area (Å²) in [5.74, 6) is -3.37. The number of aliphatic imine (C=N–C) groups is 1. The van der Waals surface area contributed by atoms with Gasteiger partial charge in [-0.15, -0.1) is 0 Å². The van der Waals surface area contributed by atoms with Crippen LogP contribution in [0.3, 0.4) is 0 Å². The van der Waals surface area contributed by atoms with E-state index in [1.807, 2.05) is 13.8 Å². The van der Waals surface area contributed by atoms with Gasteiger partial charge in [-0.25, -0.2) is 13.2 Å². The number of nitrogens with one attached hydrogen (secondary N) is 2. The van der Waals surface area contributed by atoms with Crippen molar-refractivity contribution in [3.8, 4) is 11.5 Å². The van der Waals surface area contributed by atoms with Gasteiger partial charge in [0.25, 0.3) is 5.56 Å². The van der Waals surface area contributed by atoms with Gasteiger partial charge >= 0.3 is 0 Å². The summed E-state index contributed by atoms with van der Waals surface area (Å²) in [6.45, 7) is 3.62. The first-order chi connectivity index (χ1) is 14.2. The highest BCUT2D eigenvalue weighted by atomic mass is 35.5. The van der Waals surface area contributed by atoms with E-state index in [1.54, 1.807) is 0 Å². The smallest absolute Gasteiger partial charge is 0.271 e. The molecule has 0 unspecified atom stereocenters. The molecule has 0 amide bonds. The molecular weight excluding hydrogens is 441 g/mol. The Bertz CT molecular complexity index is 1180. The molecule has 1 heterocycles. The average molecular weight is 457 g/mol. The molecule has 6 nitrogen and oxygen atoms in total. The standard InChI is InChI=1S/C19H16ClF3N4O2S/c1-8(2)25-17(24)15-18(28)27-30-19(15)26-10-3-4-13(11(22)7-10)29-14-6-9(21)5-12(23)16(14)20/h3-8,26H,1-2H3,(H2,24,25)(H,27,28). The maximum Gasteiger partial charge on any atom is 0.271 e. The molecule has 158 valence electrons.